The van der Waals surface area contributed by atoms with Crippen molar-refractivity contribution in [2.45, 2.75) is 51.6 Å². The van der Waals surface area contributed by atoms with Crippen molar-refractivity contribution >= 4 is 16.9 Å². The second kappa shape index (κ2) is 10.5. The zero-order valence-electron chi connectivity index (χ0n) is 21.2. The second-order valence-electron chi connectivity index (χ2n) is 9.52. The van der Waals surface area contributed by atoms with Crippen molar-refractivity contribution in [3.05, 3.63) is 71.8 Å². The molecule has 7 heteroatoms. The molecule has 1 atom stereocenters. The summed E-state index contributed by atoms with van der Waals surface area (Å²) < 4.78 is 23.6. The highest BCUT2D eigenvalue weighted by atomic mass is 16.5. The number of carboxylic acids is 1. The van der Waals surface area contributed by atoms with Crippen LogP contribution in [0.15, 0.2) is 65.2 Å². The third kappa shape index (κ3) is 5.12. The molecule has 5 rings (SSSR count). The van der Waals surface area contributed by atoms with Gasteiger partial charge in [0.1, 0.15) is 22.9 Å². The Bertz CT molecular complexity index is 1400. The lowest BCUT2D eigenvalue weighted by atomic mass is 9.93. The van der Waals surface area contributed by atoms with Crippen LogP contribution in [0.25, 0.3) is 22.2 Å². The molecule has 0 saturated carbocycles. The smallest absolute Gasteiger partial charge is 0.347 e. The van der Waals surface area contributed by atoms with Gasteiger partial charge in [-0.05, 0) is 43.5 Å². The molecule has 192 valence electrons. The fraction of sp³-hybridized carbons (Fsp3) is 0.333. The zero-order chi connectivity index (χ0) is 25.8. The number of aryl methyl sites for hydroxylation is 2. The van der Waals surface area contributed by atoms with E-state index in [9.17, 15) is 9.90 Å². The number of ether oxygens (including phenoxy) is 3. The molecule has 1 aliphatic rings. The van der Waals surface area contributed by atoms with E-state index >= 15 is 0 Å². The predicted molar refractivity (Wildman–Crippen MR) is 140 cm³/mol. The number of carbonyl (C=O) groups is 1. The van der Waals surface area contributed by atoms with Gasteiger partial charge >= 0.3 is 5.97 Å². The fourth-order valence-electron chi connectivity index (χ4n) is 4.64. The Kier molecular flexibility index (Phi) is 7.04. The third-order valence-electron chi connectivity index (χ3n) is 6.76. The van der Waals surface area contributed by atoms with Crippen molar-refractivity contribution in [2.24, 2.45) is 0 Å². The molecule has 1 unspecified atom stereocenters. The maximum Gasteiger partial charge on any atom is 0.347 e. The number of carboxylic acid groups (broad SMARTS) is 1. The van der Waals surface area contributed by atoms with Gasteiger partial charge in [-0.25, -0.2) is 4.79 Å². The van der Waals surface area contributed by atoms with Crippen LogP contribution in [0.1, 0.15) is 44.2 Å². The van der Waals surface area contributed by atoms with Crippen LogP contribution < -0.4 is 14.2 Å². The lowest BCUT2D eigenvalue weighted by Gasteiger charge is -2.32. The molecule has 37 heavy (non-hydrogen) atoms. The first kappa shape index (κ1) is 24.7. The van der Waals surface area contributed by atoms with Gasteiger partial charge < -0.3 is 23.8 Å². The van der Waals surface area contributed by atoms with E-state index in [1.165, 1.54) is 0 Å². The third-order valence-corrected chi connectivity index (χ3v) is 6.76. The molecule has 0 saturated heterocycles. The molecule has 0 amide bonds. The molecule has 0 aliphatic carbocycles. The molecule has 1 N–H and O–H groups in total. The van der Waals surface area contributed by atoms with E-state index in [0.717, 1.165) is 51.9 Å². The Balaban J connectivity index is 1.21. The van der Waals surface area contributed by atoms with Gasteiger partial charge in [-0.3, -0.25) is 0 Å². The van der Waals surface area contributed by atoms with Gasteiger partial charge in [-0.2, -0.15) is 0 Å². The minimum absolute atomic E-state index is 0.445. The van der Waals surface area contributed by atoms with Crippen LogP contribution in [0, 0.1) is 0 Å². The highest BCUT2D eigenvalue weighted by molar-refractivity contribution is 5.94. The maximum absolute atomic E-state index is 11.6. The van der Waals surface area contributed by atoms with Crippen molar-refractivity contribution in [1.29, 1.82) is 0 Å². The Hall–Kier alpha value is -4.00. The molecule has 4 aromatic rings. The zero-order valence-corrected chi connectivity index (χ0v) is 21.2. The summed E-state index contributed by atoms with van der Waals surface area (Å²) in [5.41, 5.74) is 3.46. The number of hydrogen-bond acceptors (Lipinski definition) is 6. The van der Waals surface area contributed by atoms with E-state index in [0.29, 0.717) is 44.0 Å². The quantitative estimate of drug-likeness (QED) is 0.249. The summed E-state index contributed by atoms with van der Waals surface area (Å²) in [7, 11) is 0. The number of fused-ring (bicyclic) bond motifs is 2. The minimum atomic E-state index is -1.21. The first-order chi connectivity index (χ1) is 18.0. The molecule has 3 aromatic carbocycles. The summed E-state index contributed by atoms with van der Waals surface area (Å²) in [4.78, 5) is 11.6. The highest BCUT2D eigenvalue weighted by Crippen LogP contribution is 2.37. The van der Waals surface area contributed by atoms with Crippen LogP contribution in [0.2, 0.25) is 0 Å². The maximum atomic E-state index is 11.6. The van der Waals surface area contributed by atoms with Gasteiger partial charge in [-0.15, -0.1) is 0 Å². The van der Waals surface area contributed by atoms with Gasteiger partial charge in [0.15, 0.2) is 5.58 Å². The molecule has 0 bridgehead atoms. The molecule has 0 spiro atoms. The number of aromatic nitrogens is 1. The van der Waals surface area contributed by atoms with E-state index in [2.05, 4.69) is 12.1 Å². The first-order valence-corrected chi connectivity index (χ1v) is 12.8. The summed E-state index contributed by atoms with van der Waals surface area (Å²) in [6.07, 6.45) is 3.58. The summed E-state index contributed by atoms with van der Waals surface area (Å²) in [6, 6.07) is 19.6. The first-order valence-electron chi connectivity index (χ1n) is 12.8. The topological polar surface area (TPSA) is 91.0 Å². The summed E-state index contributed by atoms with van der Waals surface area (Å²) in [6.45, 7) is 4.68. The SMILES string of the molecule is CCCc1c(OCCCOc2ccc3c(c2)OC(C)(C(=O)O)CC3)ccc2c(-c3ccccc3)noc12. The van der Waals surface area contributed by atoms with Crippen molar-refractivity contribution in [1.82, 2.24) is 5.16 Å². The lowest BCUT2D eigenvalue weighted by Crippen LogP contribution is -2.44. The van der Waals surface area contributed by atoms with Crippen molar-refractivity contribution < 1.29 is 28.6 Å². The monoisotopic (exact) mass is 501 g/mol. The molecule has 7 nitrogen and oxygen atoms in total. The van der Waals surface area contributed by atoms with E-state index < -0.39 is 11.6 Å². The minimum Gasteiger partial charge on any atom is -0.493 e. The molecule has 0 fully saturated rings. The normalized spacial score (nSPS) is 16.7. The van der Waals surface area contributed by atoms with Crippen molar-refractivity contribution in [2.75, 3.05) is 13.2 Å². The Morgan fingerprint density at radius 3 is 2.68 bits per heavy atom. The van der Waals surface area contributed by atoms with Crippen LogP contribution in [0.4, 0.5) is 0 Å². The Morgan fingerprint density at radius 1 is 1.08 bits per heavy atom. The van der Waals surface area contributed by atoms with Crippen LogP contribution in [0.3, 0.4) is 0 Å². The van der Waals surface area contributed by atoms with Gasteiger partial charge in [0, 0.05) is 30.0 Å². The lowest BCUT2D eigenvalue weighted by molar-refractivity contribution is -0.155. The fourth-order valence-corrected chi connectivity index (χ4v) is 4.64. The van der Waals surface area contributed by atoms with Gasteiger partial charge in [0.2, 0.25) is 5.60 Å². The highest BCUT2D eigenvalue weighted by Gasteiger charge is 2.39. The van der Waals surface area contributed by atoms with E-state index in [4.69, 9.17) is 18.7 Å². The average molecular weight is 502 g/mol. The van der Waals surface area contributed by atoms with E-state index in [-0.39, 0.29) is 0 Å². The van der Waals surface area contributed by atoms with Gasteiger partial charge in [0.25, 0.3) is 0 Å². The number of benzene rings is 3. The van der Waals surface area contributed by atoms with Crippen LogP contribution in [0.5, 0.6) is 17.2 Å². The summed E-state index contributed by atoms with van der Waals surface area (Å²) in [5.74, 6) is 1.07. The van der Waals surface area contributed by atoms with Crippen molar-refractivity contribution in [3.8, 4) is 28.5 Å². The Labute approximate surface area is 215 Å². The van der Waals surface area contributed by atoms with Crippen LogP contribution in [-0.4, -0.2) is 35.0 Å². The summed E-state index contributed by atoms with van der Waals surface area (Å²) >= 11 is 0. The standard InChI is InChI=1S/C30H31NO6/c1-3-8-23-25(14-13-24-27(31-37-28(23)24)21-9-5-4-6-10-21)35-18-7-17-34-22-12-11-20-15-16-30(2,29(32)33)36-26(20)19-22/h4-6,9-14,19H,3,7-8,15-18H2,1-2H3,(H,32,33). The molecular formula is C30H31NO6. The van der Waals surface area contributed by atoms with E-state index in [1.807, 2.05) is 54.6 Å². The van der Waals surface area contributed by atoms with Gasteiger partial charge in [0.05, 0.1) is 18.6 Å². The number of hydrogen-bond donors (Lipinski definition) is 1. The molecule has 0 radical (unpaired) electrons. The van der Waals surface area contributed by atoms with Crippen molar-refractivity contribution in [3.63, 3.8) is 0 Å². The second-order valence-corrected chi connectivity index (χ2v) is 9.52. The Morgan fingerprint density at radius 2 is 1.89 bits per heavy atom. The van der Waals surface area contributed by atoms with Crippen LogP contribution >= 0.6 is 0 Å². The number of rotatable bonds is 10. The van der Waals surface area contributed by atoms with Gasteiger partial charge in [-0.1, -0.05) is 54.9 Å². The summed E-state index contributed by atoms with van der Waals surface area (Å²) in [5, 5.41) is 14.8. The average Bonchev–Trinajstić information content (AvgIpc) is 3.34. The molecule has 1 aliphatic heterocycles. The van der Waals surface area contributed by atoms with Crippen LogP contribution in [-0.2, 0) is 17.6 Å². The predicted octanol–water partition coefficient (Wildman–Crippen LogP) is 6.46. The number of nitrogens with zero attached hydrogens (tertiary/aromatic N) is 1. The molecule has 1 aromatic heterocycles. The number of aliphatic carboxylic acids is 1. The van der Waals surface area contributed by atoms with E-state index in [1.54, 1.807) is 13.0 Å². The molecule has 2 heterocycles. The molecular weight excluding hydrogens is 470 g/mol. The largest absolute Gasteiger partial charge is 0.493 e.